The first kappa shape index (κ1) is 16.6. The van der Waals surface area contributed by atoms with Crippen LogP contribution in [0.2, 0.25) is 10.0 Å². The minimum absolute atomic E-state index is 0.354. The lowest BCUT2D eigenvalue weighted by Gasteiger charge is -2.25. The lowest BCUT2D eigenvalue weighted by Crippen LogP contribution is -2.30. The molecule has 0 spiro atoms. The summed E-state index contributed by atoms with van der Waals surface area (Å²) in [6.07, 6.45) is 1.72. The van der Waals surface area contributed by atoms with Gasteiger partial charge in [0.1, 0.15) is 0 Å². The molecule has 3 rings (SSSR count). The molecule has 122 valence electrons. The molecule has 0 radical (unpaired) electrons. The first-order valence-electron chi connectivity index (χ1n) is 7.75. The second-order valence-corrected chi connectivity index (χ2v) is 6.87. The number of hydrogen-bond donors (Lipinski definition) is 2. The van der Waals surface area contributed by atoms with Crippen molar-refractivity contribution in [3.8, 4) is 0 Å². The van der Waals surface area contributed by atoms with Gasteiger partial charge in [0.05, 0.1) is 21.8 Å². The molecule has 1 atom stereocenters. The van der Waals surface area contributed by atoms with Gasteiger partial charge in [-0.05, 0) is 36.1 Å². The first-order valence-corrected chi connectivity index (χ1v) is 8.50. The zero-order chi connectivity index (χ0) is 16.4. The fourth-order valence-electron chi connectivity index (χ4n) is 2.72. The lowest BCUT2D eigenvalue weighted by molar-refractivity contribution is 0.104. The number of nitrogen functional groups attached to an aromatic ring is 1. The van der Waals surface area contributed by atoms with Crippen LogP contribution in [0, 0.1) is 0 Å². The topological polar surface area (TPSA) is 49.5 Å². The number of anilines is 1. The number of aliphatic hydroxyl groups excluding tert-OH is 1. The van der Waals surface area contributed by atoms with Gasteiger partial charge in [-0.3, -0.25) is 4.90 Å². The largest absolute Gasteiger partial charge is 0.396 e. The van der Waals surface area contributed by atoms with Gasteiger partial charge in [-0.1, -0.05) is 53.5 Å². The van der Waals surface area contributed by atoms with Crippen molar-refractivity contribution < 1.29 is 5.11 Å². The molecule has 0 saturated heterocycles. The van der Waals surface area contributed by atoms with Gasteiger partial charge in [-0.2, -0.15) is 0 Å². The third-order valence-electron chi connectivity index (χ3n) is 4.19. The number of hydrogen-bond acceptors (Lipinski definition) is 3. The average Bonchev–Trinajstić information content (AvgIpc) is 3.37. The number of halogens is 2. The number of benzene rings is 2. The van der Waals surface area contributed by atoms with E-state index in [1.807, 2.05) is 18.2 Å². The molecule has 0 aliphatic heterocycles. The van der Waals surface area contributed by atoms with E-state index in [0.29, 0.717) is 33.9 Å². The summed E-state index contributed by atoms with van der Waals surface area (Å²) in [5, 5.41) is 11.3. The van der Waals surface area contributed by atoms with E-state index in [0.717, 1.165) is 6.54 Å². The summed E-state index contributed by atoms with van der Waals surface area (Å²) in [7, 11) is 0. The normalized spacial score (nSPS) is 15.8. The Morgan fingerprint density at radius 3 is 2.30 bits per heavy atom. The number of aliphatic hydroxyl groups is 1. The maximum Gasteiger partial charge on any atom is 0.0918 e. The Kier molecular flexibility index (Phi) is 5.12. The Labute approximate surface area is 146 Å². The van der Waals surface area contributed by atoms with E-state index in [9.17, 15) is 5.11 Å². The van der Waals surface area contributed by atoms with Crippen LogP contribution in [0.5, 0.6) is 0 Å². The maximum absolute atomic E-state index is 10.6. The maximum atomic E-state index is 10.6. The highest BCUT2D eigenvalue weighted by Gasteiger charge is 2.30. The van der Waals surface area contributed by atoms with E-state index in [1.54, 1.807) is 12.1 Å². The molecule has 0 heterocycles. The van der Waals surface area contributed by atoms with Crippen molar-refractivity contribution in [2.24, 2.45) is 0 Å². The van der Waals surface area contributed by atoms with Crippen molar-refractivity contribution in [3.05, 3.63) is 63.6 Å². The zero-order valence-corrected chi connectivity index (χ0v) is 14.3. The monoisotopic (exact) mass is 350 g/mol. The first-order chi connectivity index (χ1) is 11.0. The van der Waals surface area contributed by atoms with Crippen LogP contribution in [0.25, 0.3) is 0 Å². The van der Waals surface area contributed by atoms with Gasteiger partial charge in [0.25, 0.3) is 0 Å². The molecule has 1 fully saturated rings. The van der Waals surface area contributed by atoms with E-state index in [-0.39, 0.29) is 0 Å². The highest BCUT2D eigenvalue weighted by Crippen LogP contribution is 2.34. The molecule has 3 N–H and O–H groups in total. The van der Waals surface area contributed by atoms with Gasteiger partial charge >= 0.3 is 0 Å². The van der Waals surface area contributed by atoms with Gasteiger partial charge in [0.15, 0.2) is 0 Å². The van der Waals surface area contributed by atoms with Crippen molar-refractivity contribution in [2.75, 3.05) is 12.3 Å². The molecule has 0 aromatic heterocycles. The Morgan fingerprint density at radius 1 is 1.13 bits per heavy atom. The zero-order valence-electron chi connectivity index (χ0n) is 12.8. The summed E-state index contributed by atoms with van der Waals surface area (Å²) in [6.45, 7) is 1.38. The molecule has 1 aliphatic rings. The molecule has 23 heavy (non-hydrogen) atoms. The van der Waals surface area contributed by atoms with Gasteiger partial charge in [-0.15, -0.1) is 0 Å². The predicted molar refractivity (Wildman–Crippen MR) is 95.7 cm³/mol. The summed E-state index contributed by atoms with van der Waals surface area (Å²) in [5.74, 6) is 0. The van der Waals surface area contributed by atoms with Crippen LogP contribution in [0.4, 0.5) is 5.69 Å². The van der Waals surface area contributed by atoms with E-state index in [2.05, 4.69) is 17.0 Å². The summed E-state index contributed by atoms with van der Waals surface area (Å²) in [4.78, 5) is 2.32. The molecule has 5 heteroatoms. The molecule has 0 bridgehead atoms. The highest BCUT2D eigenvalue weighted by atomic mass is 35.5. The van der Waals surface area contributed by atoms with Crippen molar-refractivity contribution in [3.63, 3.8) is 0 Å². The molecule has 3 nitrogen and oxygen atoms in total. The third-order valence-corrected chi connectivity index (χ3v) is 4.81. The quantitative estimate of drug-likeness (QED) is 0.764. The van der Waals surface area contributed by atoms with Gasteiger partial charge in [-0.25, -0.2) is 0 Å². The summed E-state index contributed by atoms with van der Waals surface area (Å²) in [6, 6.07) is 14.2. The fraction of sp³-hybridized carbons (Fsp3) is 0.333. The van der Waals surface area contributed by atoms with Crippen LogP contribution in [-0.4, -0.2) is 22.6 Å². The fourth-order valence-corrected chi connectivity index (χ4v) is 3.23. The van der Waals surface area contributed by atoms with E-state index >= 15 is 0 Å². The van der Waals surface area contributed by atoms with Crippen molar-refractivity contribution >= 4 is 28.9 Å². The SMILES string of the molecule is Nc1c(Cl)cc(C(O)CN(Cc2ccccc2)C2CC2)cc1Cl. The van der Waals surface area contributed by atoms with Crippen LogP contribution in [0.15, 0.2) is 42.5 Å². The van der Waals surface area contributed by atoms with Crippen molar-refractivity contribution in [1.29, 1.82) is 0 Å². The minimum Gasteiger partial charge on any atom is -0.396 e. The minimum atomic E-state index is -0.644. The molecule has 1 unspecified atom stereocenters. The smallest absolute Gasteiger partial charge is 0.0918 e. The van der Waals surface area contributed by atoms with Crippen LogP contribution >= 0.6 is 23.2 Å². The summed E-state index contributed by atoms with van der Waals surface area (Å²) in [5.41, 5.74) is 8.06. The molecule has 1 aliphatic carbocycles. The molecule has 2 aromatic rings. The van der Waals surface area contributed by atoms with E-state index in [1.165, 1.54) is 18.4 Å². The Bertz CT molecular complexity index is 651. The summed E-state index contributed by atoms with van der Waals surface area (Å²) >= 11 is 12.1. The predicted octanol–water partition coefficient (Wildman–Crippen LogP) is 4.27. The van der Waals surface area contributed by atoms with E-state index < -0.39 is 6.10 Å². The highest BCUT2D eigenvalue weighted by molar-refractivity contribution is 6.38. The number of rotatable bonds is 6. The average molecular weight is 351 g/mol. The van der Waals surface area contributed by atoms with Crippen LogP contribution < -0.4 is 5.73 Å². The molecular weight excluding hydrogens is 331 g/mol. The molecule has 0 amide bonds. The van der Waals surface area contributed by atoms with Crippen LogP contribution in [-0.2, 0) is 6.54 Å². The second kappa shape index (κ2) is 7.10. The Balaban J connectivity index is 1.72. The number of nitrogens with zero attached hydrogens (tertiary/aromatic N) is 1. The molecular formula is C18H20Cl2N2O. The van der Waals surface area contributed by atoms with Crippen molar-refractivity contribution in [2.45, 2.75) is 31.5 Å². The van der Waals surface area contributed by atoms with Crippen molar-refractivity contribution in [1.82, 2.24) is 4.90 Å². The standard InChI is InChI=1S/C18H20Cl2N2O/c19-15-8-13(9-16(20)18(15)21)17(23)11-22(14-6-7-14)10-12-4-2-1-3-5-12/h1-5,8-9,14,17,23H,6-7,10-11,21H2. The second-order valence-electron chi connectivity index (χ2n) is 6.06. The van der Waals surface area contributed by atoms with E-state index in [4.69, 9.17) is 28.9 Å². The number of nitrogens with two attached hydrogens (primary N) is 1. The Hall–Kier alpha value is -1.26. The van der Waals surface area contributed by atoms with Crippen LogP contribution in [0.1, 0.15) is 30.1 Å². The van der Waals surface area contributed by atoms with Crippen LogP contribution in [0.3, 0.4) is 0 Å². The Morgan fingerprint density at radius 2 is 1.74 bits per heavy atom. The van der Waals surface area contributed by atoms with Gasteiger partial charge in [0, 0.05) is 19.1 Å². The molecule has 1 saturated carbocycles. The summed E-state index contributed by atoms with van der Waals surface area (Å²) < 4.78 is 0. The van der Waals surface area contributed by atoms with Gasteiger partial charge in [0.2, 0.25) is 0 Å². The lowest BCUT2D eigenvalue weighted by atomic mass is 10.1. The molecule has 2 aromatic carbocycles. The third kappa shape index (κ3) is 4.18. The van der Waals surface area contributed by atoms with Gasteiger partial charge < -0.3 is 10.8 Å².